The summed E-state index contributed by atoms with van der Waals surface area (Å²) in [6, 6.07) is 6.26. The number of benzene rings is 1. The van der Waals surface area contributed by atoms with E-state index in [9.17, 15) is 9.59 Å². The maximum absolute atomic E-state index is 10.8. The molecule has 0 bridgehead atoms. The van der Waals surface area contributed by atoms with Gasteiger partial charge in [-0.1, -0.05) is 12.1 Å². The van der Waals surface area contributed by atoms with Crippen LogP contribution in [0.25, 0.3) is 11.3 Å². The molecule has 0 aliphatic carbocycles. The molecule has 1 heterocycles. The van der Waals surface area contributed by atoms with Gasteiger partial charge in [0, 0.05) is 6.20 Å². The quantitative estimate of drug-likeness (QED) is 0.683. The Bertz CT molecular complexity index is 536. The Kier molecular flexibility index (Phi) is 2.13. The molecule has 0 saturated carbocycles. The number of hydrogen-bond donors (Lipinski definition) is 3. The van der Waals surface area contributed by atoms with Crippen LogP contribution in [0.15, 0.2) is 35.3 Å². The van der Waals surface area contributed by atoms with E-state index >= 15 is 0 Å². The van der Waals surface area contributed by atoms with Gasteiger partial charge in [-0.15, -0.1) is 0 Å². The summed E-state index contributed by atoms with van der Waals surface area (Å²) in [5.74, 6) is -0.968. The van der Waals surface area contributed by atoms with Crippen molar-refractivity contribution in [3.63, 3.8) is 0 Å². The number of H-pyrrole nitrogens is 2. The van der Waals surface area contributed by atoms with Gasteiger partial charge in [0.15, 0.2) is 0 Å². The second kappa shape index (κ2) is 3.45. The molecule has 1 aromatic heterocycles. The van der Waals surface area contributed by atoms with Gasteiger partial charge < -0.3 is 15.1 Å². The van der Waals surface area contributed by atoms with Crippen LogP contribution in [0.1, 0.15) is 10.4 Å². The van der Waals surface area contributed by atoms with Crippen molar-refractivity contribution < 1.29 is 9.90 Å². The highest BCUT2D eigenvalue weighted by atomic mass is 16.4. The highest BCUT2D eigenvalue weighted by Gasteiger charge is 2.03. The minimum absolute atomic E-state index is 0.219. The smallest absolute Gasteiger partial charge is 0.335 e. The van der Waals surface area contributed by atoms with Crippen LogP contribution < -0.4 is 5.69 Å². The van der Waals surface area contributed by atoms with E-state index in [2.05, 4.69) is 9.97 Å². The third-order valence-corrected chi connectivity index (χ3v) is 2.04. The standard InChI is InChI=1S/C10H8N2O3/c13-9(14)7-3-1-6(2-4-7)8-5-11-10(15)12-8/h1-5H,(H,13,14)(H2,11,12,15). The molecular weight excluding hydrogens is 196 g/mol. The van der Waals surface area contributed by atoms with Crippen molar-refractivity contribution in [3.05, 3.63) is 46.5 Å². The zero-order chi connectivity index (χ0) is 10.8. The zero-order valence-corrected chi connectivity index (χ0v) is 7.65. The number of aromatic nitrogens is 2. The first-order valence-corrected chi connectivity index (χ1v) is 4.28. The molecule has 2 aromatic rings. The number of carboxylic acid groups (broad SMARTS) is 1. The number of nitrogens with one attached hydrogen (secondary N) is 2. The predicted molar refractivity (Wildman–Crippen MR) is 53.8 cm³/mol. The topological polar surface area (TPSA) is 85.9 Å². The monoisotopic (exact) mass is 204 g/mol. The van der Waals surface area contributed by atoms with E-state index in [1.54, 1.807) is 12.1 Å². The van der Waals surface area contributed by atoms with Crippen LogP contribution in [0.2, 0.25) is 0 Å². The minimum Gasteiger partial charge on any atom is -0.478 e. The van der Waals surface area contributed by atoms with Crippen LogP contribution >= 0.6 is 0 Å². The lowest BCUT2D eigenvalue weighted by Crippen LogP contribution is -2.00. The molecule has 5 heteroatoms. The predicted octanol–water partition coefficient (Wildman–Crippen LogP) is 1.07. The number of hydrogen-bond acceptors (Lipinski definition) is 2. The van der Waals surface area contributed by atoms with Gasteiger partial charge in [-0.25, -0.2) is 9.59 Å². The van der Waals surface area contributed by atoms with Crippen LogP contribution in [-0.4, -0.2) is 21.0 Å². The lowest BCUT2D eigenvalue weighted by molar-refractivity contribution is 0.0697. The van der Waals surface area contributed by atoms with E-state index in [0.717, 1.165) is 5.56 Å². The molecule has 3 N–H and O–H groups in total. The lowest BCUT2D eigenvalue weighted by Gasteiger charge is -1.97. The van der Waals surface area contributed by atoms with E-state index in [1.165, 1.54) is 18.3 Å². The molecular formula is C10H8N2O3. The number of carboxylic acids is 1. The maximum Gasteiger partial charge on any atom is 0.335 e. The Morgan fingerprint density at radius 3 is 2.33 bits per heavy atom. The first-order chi connectivity index (χ1) is 7.16. The average molecular weight is 204 g/mol. The molecule has 0 aliphatic rings. The fraction of sp³-hybridized carbons (Fsp3) is 0. The van der Waals surface area contributed by atoms with E-state index in [4.69, 9.17) is 5.11 Å². The van der Waals surface area contributed by atoms with Crippen LogP contribution in [0, 0.1) is 0 Å². The summed E-state index contributed by atoms with van der Waals surface area (Å²) in [6.45, 7) is 0. The summed E-state index contributed by atoms with van der Waals surface area (Å²) < 4.78 is 0. The van der Waals surface area contributed by atoms with Crippen LogP contribution in [0.3, 0.4) is 0 Å². The molecule has 0 aliphatic heterocycles. The zero-order valence-electron chi connectivity index (χ0n) is 7.65. The van der Waals surface area contributed by atoms with E-state index < -0.39 is 5.97 Å². The fourth-order valence-electron chi connectivity index (χ4n) is 1.28. The SMILES string of the molecule is O=C(O)c1ccc(-c2c[nH]c(=O)[nH]2)cc1. The molecule has 5 nitrogen and oxygen atoms in total. The summed E-state index contributed by atoms with van der Waals surface area (Å²) in [6.07, 6.45) is 1.54. The molecule has 76 valence electrons. The van der Waals surface area contributed by atoms with Gasteiger partial charge in [-0.3, -0.25) is 0 Å². The second-order valence-electron chi connectivity index (χ2n) is 3.04. The summed E-state index contributed by atoms with van der Waals surface area (Å²) in [4.78, 5) is 26.5. The van der Waals surface area contributed by atoms with Crippen LogP contribution in [0.4, 0.5) is 0 Å². The Balaban J connectivity index is 2.39. The second-order valence-corrected chi connectivity index (χ2v) is 3.04. The molecule has 0 unspecified atom stereocenters. The Morgan fingerprint density at radius 1 is 1.20 bits per heavy atom. The summed E-state index contributed by atoms with van der Waals surface area (Å²) >= 11 is 0. The average Bonchev–Trinajstić information content (AvgIpc) is 2.65. The number of carbonyl (C=O) groups is 1. The van der Waals surface area contributed by atoms with Crippen molar-refractivity contribution in [2.24, 2.45) is 0 Å². The summed E-state index contributed by atoms with van der Waals surface area (Å²) in [5.41, 5.74) is 1.33. The molecule has 0 radical (unpaired) electrons. The largest absolute Gasteiger partial charge is 0.478 e. The summed E-state index contributed by atoms with van der Waals surface area (Å²) in [5, 5.41) is 8.69. The molecule has 0 spiro atoms. The van der Waals surface area contributed by atoms with Crippen molar-refractivity contribution in [1.29, 1.82) is 0 Å². The first-order valence-electron chi connectivity index (χ1n) is 4.28. The van der Waals surface area contributed by atoms with E-state index in [-0.39, 0.29) is 11.3 Å². The third kappa shape index (κ3) is 1.80. The molecule has 0 saturated heterocycles. The van der Waals surface area contributed by atoms with Crippen molar-refractivity contribution in [1.82, 2.24) is 9.97 Å². The summed E-state index contributed by atoms with van der Waals surface area (Å²) in [7, 11) is 0. The highest BCUT2D eigenvalue weighted by Crippen LogP contribution is 2.15. The van der Waals surface area contributed by atoms with Gasteiger partial charge >= 0.3 is 11.7 Å². The molecule has 2 rings (SSSR count). The van der Waals surface area contributed by atoms with Crippen molar-refractivity contribution >= 4 is 5.97 Å². The van der Waals surface area contributed by atoms with E-state index in [0.29, 0.717) is 5.69 Å². The molecule has 0 fully saturated rings. The minimum atomic E-state index is -0.968. The lowest BCUT2D eigenvalue weighted by atomic mass is 10.1. The van der Waals surface area contributed by atoms with Crippen molar-refractivity contribution in [2.75, 3.05) is 0 Å². The molecule has 15 heavy (non-hydrogen) atoms. The number of aromatic amines is 2. The van der Waals surface area contributed by atoms with Gasteiger partial charge in [0.05, 0.1) is 11.3 Å². The van der Waals surface area contributed by atoms with Crippen LogP contribution in [-0.2, 0) is 0 Å². The number of rotatable bonds is 2. The third-order valence-electron chi connectivity index (χ3n) is 2.04. The molecule has 0 amide bonds. The number of imidazole rings is 1. The molecule has 0 atom stereocenters. The van der Waals surface area contributed by atoms with Crippen molar-refractivity contribution in [2.45, 2.75) is 0 Å². The Labute approximate surface area is 84.4 Å². The Morgan fingerprint density at radius 2 is 1.87 bits per heavy atom. The molecule has 1 aromatic carbocycles. The first kappa shape index (κ1) is 9.26. The normalized spacial score (nSPS) is 10.1. The van der Waals surface area contributed by atoms with Gasteiger partial charge in [-0.2, -0.15) is 0 Å². The van der Waals surface area contributed by atoms with Gasteiger partial charge in [0.25, 0.3) is 0 Å². The van der Waals surface area contributed by atoms with Gasteiger partial charge in [-0.05, 0) is 17.7 Å². The van der Waals surface area contributed by atoms with Gasteiger partial charge in [0.1, 0.15) is 0 Å². The van der Waals surface area contributed by atoms with E-state index in [1.807, 2.05) is 0 Å². The fourth-order valence-corrected chi connectivity index (χ4v) is 1.28. The van der Waals surface area contributed by atoms with Crippen molar-refractivity contribution in [3.8, 4) is 11.3 Å². The highest BCUT2D eigenvalue weighted by molar-refractivity contribution is 5.88. The van der Waals surface area contributed by atoms with Gasteiger partial charge in [0.2, 0.25) is 0 Å². The van der Waals surface area contributed by atoms with Crippen LogP contribution in [0.5, 0.6) is 0 Å². The Hall–Kier alpha value is -2.30. The maximum atomic E-state index is 10.8. The number of aromatic carboxylic acids is 1.